The van der Waals surface area contributed by atoms with Gasteiger partial charge in [0.05, 0.1) is 58.5 Å². The molecule has 0 aliphatic carbocycles. The number of hydrogen-bond donors (Lipinski definition) is 6. The minimum absolute atomic E-state index is 0.195. The fourth-order valence-electron chi connectivity index (χ4n) is 8.83. The van der Waals surface area contributed by atoms with E-state index in [9.17, 15) is 26.4 Å². The van der Waals surface area contributed by atoms with Crippen LogP contribution in [-0.2, 0) is 20.0 Å². The first-order chi connectivity index (χ1) is 35.7. The molecular weight excluding hydrogens is 1070 g/mol. The van der Waals surface area contributed by atoms with Crippen molar-refractivity contribution in [3.8, 4) is 0 Å². The number of anilines is 3. The molecule has 2 aliphatic heterocycles. The maximum absolute atomic E-state index is 13.7. The smallest absolute Gasteiger partial charge is 0.256 e. The summed E-state index contributed by atoms with van der Waals surface area (Å²) in [6, 6.07) is 12.3. The SMILES string of the molecule is Cc1cn2nc([C@@H]3CCCCN3C(=O)c3cc(Cl)ccc3NS(C)(=O)=O)cc2nc1Cl.Cc1cn2nc([C@@H]3CCCCN3C(=O)c3cc(Cl)ccc3NS(C)(=O)=O)cc2nc1NCCCCCO.NCCCCCO. The first-order valence-corrected chi connectivity index (χ1v) is 29.8. The fraction of sp³-hybridized carbons (Fsp3) is 0.480. The first-order valence-electron chi connectivity index (χ1n) is 24.9. The predicted octanol–water partition coefficient (Wildman–Crippen LogP) is 8.20. The molecule has 7 N–H and O–H groups in total. The van der Waals surface area contributed by atoms with E-state index in [1.807, 2.05) is 32.2 Å². The molecule has 8 rings (SSSR count). The number of aliphatic hydroxyl groups excluding tert-OH is 2. The van der Waals surface area contributed by atoms with Crippen molar-refractivity contribution in [3.63, 3.8) is 0 Å². The number of aliphatic hydroxyl groups is 2. The van der Waals surface area contributed by atoms with E-state index in [0.29, 0.717) is 51.9 Å². The van der Waals surface area contributed by atoms with Gasteiger partial charge in [-0.15, -0.1) is 0 Å². The summed E-state index contributed by atoms with van der Waals surface area (Å²) >= 11 is 18.4. The van der Waals surface area contributed by atoms with Crippen LogP contribution in [0.1, 0.15) is 132 Å². The molecule has 75 heavy (non-hydrogen) atoms. The molecule has 0 saturated carbocycles. The Hall–Kier alpha value is -5.33. The Kier molecular flexibility index (Phi) is 21.3. The summed E-state index contributed by atoms with van der Waals surface area (Å²) < 4.78 is 55.6. The number of amides is 2. The van der Waals surface area contributed by atoms with Gasteiger partial charge in [0.25, 0.3) is 11.8 Å². The second-order valence-electron chi connectivity index (χ2n) is 18.7. The first kappa shape index (κ1) is 58.9. The maximum Gasteiger partial charge on any atom is 0.256 e. The number of likely N-dealkylation sites (tertiary alicyclic amines) is 2. The molecule has 0 unspecified atom stereocenters. The lowest BCUT2D eigenvalue weighted by atomic mass is 9.98. The van der Waals surface area contributed by atoms with Crippen LogP contribution in [0, 0.1) is 13.8 Å². The van der Waals surface area contributed by atoms with E-state index in [-0.39, 0.29) is 53.0 Å². The van der Waals surface area contributed by atoms with E-state index in [1.54, 1.807) is 37.2 Å². The molecule has 6 aromatic rings. The van der Waals surface area contributed by atoms with Gasteiger partial charge in [-0.25, -0.2) is 35.8 Å². The Balaban J connectivity index is 0.000000219. The largest absolute Gasteiger partial charge is 0.396 e. The van der Waals surface area contributed by atoms with E-state index in [1.165, 1.54) is 24.3 Å². The molecule has 0 bridgehead atoms. The van der Waals surface area contributed by atoms with E-state index >= 15 is 0 Å². The number of unbranched alkanes of at least 4 members (excludes halogenated alkanes) is 4. The number of nitrogens with zero attached hydrogens (tertiary/aromatic N) is 8. The fourth-order valence-corrected chi connectivity index (χ4v) is 10.5. The van der Waals surface area contributed by atoms with Crippen LogP contribution in [0.15, 0.2) is 60.9 Å². The van der Waals surface area contributed by atoms with Gasteiger partial charge >= 0.3 is 0 Å². The van der Waals surface area contributed by atoms with Crippen LogP contribution in [0.2, 0.25) is 15.2 Å². The second-order valence-corrected chi connectivity index (χ2v) is 23.4. The topological polar surface area (TPSA) is 272 Å². The van der Waals surface area contributed by atoms with Crippen molar-refractivity contribution in [2.45, 2.75) is 103 Å². The number of carbonyl (C=O) groups is 2. The zero-order valence-electron chi connectivity index (χ0n) is 42.6. The maximum atomic E-state index is 13.7. The number of carbonyl (C=O) groups excluding carboxylic acids is 2. The molecule has 0 radical (unpaired) electrons. The lowest BCUT2D eigenvalue weighted by molar-refractivity contribution is 0.0600. The average molecular weight is 1130 g/mol. The molecule has 2 aliphatic rings. The van der Waals surface area contributed by atoms with Gasteiger partial charge in [0.1, 0.15) is 11.0 Å². The van der Waals surface area contributed by atoms with Crippen LogP contribution >= 0.6 is 34.8 Å². The van der Waals surface area contributed by atoms with Gasteiger partial charge in [-0.1, -0.05) is 34.8 Å². The second kappa shape index (κ2) is 27.1. The van der Waals surface area contributed by atoms with Crippen LogP contribution in [0.4, 0.5) is 17.2 Å². The van der Waals surface area contributed by atoms with Crippen LogP contribution in [0.3, 0.4) is 0 Å². The molecule has 2 aromatic carbocycles. The number of aromatic nitrogens is 6. The lowest BCUT2D eigenvalue weighted by Crippen LogP contribution is -2.39. The van der Waals surface area contributed by atoms with Gasteiger partial charge in [0, 0.05) is 78.5 Å². The third-order valence-electron chi connectivity index (χ3n) is 12.5. The average Bonchev–Trinajstić information content (AvgIpc) is 3.98. The van der Waals surface area contributed by atoms with Crippen molar-refractivity contribution in [2.75, 3.05) is 66.7 Å². The van der Waals surface area contributed by atoms with Crippen molar-refractivity contribution in [2.24, 2.45) is 5.73 Å². The van der Waals surface area contributed by atoms with E-state index in [0.717, 1.165) is 125 Å². The highest BCUT2D eigenvalue weighted by molar-refractivity contribution is 7.92. The summed E-state index contributed by atoms with van der Waals surface area (Å²) in [7, 11) is -7.15. The minimum Gasteiger partial charge on any atom is -0.396 e. The molecule has 6 heterocycles. The van der Waals surface area contributed by atoms with Crippen LogP contribution in [0.25, 0.3) is 11.3 Å². The standard InChI is InChI=1S/C25H33ClN6O4S.C20H21Cl2N5O3S.C5H13NO/c1-17-16-32-23(28-24(17)27-11-5-3-7-13-33)15-21(29-32)22-8-4-6-12-31(22)25(34)19-14-18(26)9-10-20(19)30-37(2,35)36;1-12-11-27-18(23-19(12)22)10-16(24-27)17-5-3-4-8-26(17)20(28)14-9-13(21)6-7-15(14)25-31(2,29)30;6-4-2-1-3-5-7/h9-10,14-16,22,30,33H,3-8,11-13H2,1-2H3,(H,27,28);6-7,9-11,17,25H,3-5,8H2,1-2H3;7H,1-6H2/t22-;17-;/m00./s1. The molecule has 2 amide bonds. The number of hydrogen-bond acceptors (Lipinski definition) is 14. The Morgan fingerprint density at radius 3 is 1.59 bits per heavy atom. The minimum atomic E-state index is -3.58. The van der Waals surface area contributed by atoms with Crippen molar-refractivity contribution in [1.29, 1.82) is 0 Å². The molecular formula is C50H67Cl3N12O8S2. The van der Waals surface area contributed by atoms with Crippen LogP contribution in [0.5, 0.6) is 0 Å². The Bertz CT molecular complexity index is 3120. The number of piperidine rings is 2. The highest BCUT2D eigenvalue weighted by Crippen LogP contribution is 2.36. The number of fused-ring (bicyclic) bond motifs is 2. The zero-order chi connectivity index (χ0) is 54.5. The van der Waals surface area contributed by atoms with Gasteiger partial charge in [-0.05, 0) is 134 Å². The number of nitrogens with two attached hydrogens (primary N) is 1. The van der Waals surface area contributed by atoms with E-state index in [2.05, 4.69) is 24.8 Å². The molecule has 0 spiro atoms. The summed E-state index contributed by atoms with van der Waals surface area (Å²) in [6.45, 7) is 6.89. The molecule has 2 atom stereocenters. The van der Waals surface area contributed by atoms with Gasteiger partial charge in [-0.3, -0.25) is 19.0 Å². The number of halogens is 3. The van der Waals surface area contributed by atoms with Gasteiger partial charge in [-0.2, -0.15) is 10.2 Å². The summed E-state index contributed by atoms with van der Waals surface area (Å²) in [6.07, 6.45) is 16.5. The Labute approximate surface area is 453 Å². The third kappa shape index (κ3) is 16.6. The summed E-state index contributed by atoms with van der Waals surface area (Å²) in [4.78, 5) is 39.8. The van der Waals surface area contributed by atoms with E-state index < -0.39 is 20.0 Å². The molecule has 4 aromatic heterocycles. The van der Waals surface area contributed by atoms with Crippen LogP contribution < -0.4 is 20.5 Å². The van der Waals surface area contributed by atoms with Crippen molar-refractivity contribution in [1.82, 2.24) is 39.0 Å². The highest BCUT2D eigenvalue weighted by atomic mass is 35.5. The molecule has 408 valence electrons. The van der Waals surface area contributed by atoms with Crippen molar-refractivity contribution in [3.05, 3.63) is 110 Å². The summed E-state index contributed by atoms with van der Waals surface area (Å²) in [5, 5.41) is 31.0. The van der Waals surface area contributed by atoms with Crippen LogP contribution in [-0.4, -0.2) is 130 Å². The van der Waals surface area contributed by atoms with Gasteiger partial charge in [0.15, 0.2) is 11.3 Å². The van der Waals surface area contributed by atoms with Crippen molar-refractivity contribution >= 4 is 95.2 Å². The summed E-state index contributed by atoms with van der Waals surface area (Å²) in [5.74, 6) is 0.178. The van der Waals surface area contributed by atoms with E-state index in [4.69, 9.17) is 60.8 Å². The predicted molar refractivity (Wildman–Crippen MR) is 295 cm³/mol. The molecule has 25 heteroatoms. The molecule has 20 nitrogen and oxygen atoms in total. The Morgan fingerprint density at radius 1 is 0.653 bits per heavy atom. The highest BCUT2D eigenvalue weighted by Gasteiger charge is 2.34. The number of rotatable bonds is 18. The van der Waals surface area contributed by atoms with Gasteiger partial charge < -0.3 is 31.1 Å². The molecule has 2 saturated heterocycles. The lowest BCUT2D eigenvalue weighted by Gasteiger charge is -2.35. The van der Waals surface area contributed by atoms with Gasteiger partial charge in [0.2, 0.25) is 20.0 Å². The zero-order valence-corrected chi connectivity index (χ0v) is 46.5. The van der Waals surface area contributed by atoms with Crippen molar-refractivity contribution < 1.29 is 36.6 Å². The normalized spacial score (nSPS) is 16.0. The molecule has 2 fully saturated rings. The monoisotopic (exact) mass is 1130 g/mol. The number of sulfonamides is 2. The number of benzene rings is 2. The third-order valence-corrected chi connectivity index (χ3v) is 14.5. The number of aryl methyl sites for hydroxylation is 2. The quantitative estimate of drug-likeness (QED) is 0.0350. The Morgan fingerprint density at radius 2 is 1.12 bits per heavy atom. The summed E-state index contributed by atoms with van der Waals surface area (Å²) in [5.41, 5.74) is 10.5. The number of nitrogens with one attached hydrogen (secondary N) is 3.